The van der Waals surface area contributed by atoms with E-state index in [-0.39, 0.29) is 30.6 Å². The fraction of sp³-hybridized carbons (Fsp3) is 0.333. The van der Waals surface area contributed by atoms with Gasteiger partial charge in [0.05, 0.1) is 12.5 Å². The number of nitrogens with zero attached hydrogens (tertiary/aromatic N) is 1. The molecule has 1 unspecified atom stereocenters. The first kappa shape index (κ1) is 11.7. The number of imide groups is 1. The van der Waals surface area contributed by atoms with Gasteiger partial charge in [0.15, 0.2) is 0 Å². The van der Waals surface area contributed by atoms with Crippen LogP contribution in [-0.4, -0.2) is 29.3 Å². The smallest absolute Gasteiger partial charge is 0.246 e. The van der Waals surface area contributed by atoms with Crippen LogP contribution in [0.3, 0.4) is 0 Å². The van der Waals surface area contributed by atoms with Gasteiger partial charge in [-0.2, -0.15) is 0 Å². The molecule has 90 valence electrons. The summed E-state index contributed by atoms with van der Waals surface area (Å²) in [5.41, 5.74) is 5.97. The molecule has 17 heavy (non-hydrogen) atoms. The molecule has 1 aliphatic rings. The second kappa shape index (κ2) is 4.63. The standard InChI is InChI=1S/C12H13FN2O2/c13-9-4-2-1-3-8(9)5-6-15-11(16)7-10(14)12(15)17/h1-4,10H,5-7,14H2. The van der Waals surface area contributed by atoms with Crippen molar-refractivity contribution in [3.8, 4) is 0 Å². The van der Waals surface area contributed by atoms with Crippen LogP contribution < -0.4 is 5.73 Å². The molecule has 5 heteroatoms. The lowest BCUT2D eigenvalue weighted by molar-refractivity contribution is -0.138. The molecular weight excluding hydrogens is 223 g/mol. The van der Waals surface area contributed by atoms with Crippen LogP contribution in [0.25, 0.3) is 0 Å². The van der Waals surface area contributed by atoms with E-state index in [2.05, 4.69) is 0 Å². The summed E-state index contributed by atoms with van der Waals surface area (Å²) >= 11 is 0. The minimum atomic E-state index is -0.733. The van der Waals surface area contributed by atoms with Gasteiger partial charge in [-0.15, -0.1) is 0 Å². The fourth-order valence-electron chi connectivity index (χ4n) is 1.88. The maximum Gasteiger partial charge on any atom is 0.246 e. The fourth-order valence-corrected chi connectivity index (χ4v) is 1.88. The van der Waals surface area contributed by atoms with E-state index in [0.29, 0.717) is 12.0 Å². The van der Waals surface area contributed by atoms with E-state index in [0.717, 1.165) is 4.90 Å². The number of halogens is 1. The zero-order chi connectivity index (χ0) is 12.4. The summed E-state index contributed by atoms with van der Waals surface area (Å²) in [5.74, 6) is -0.971. The van der Waals surface area contributed by atoms with Crippen molar-refractivity contribution in [3.63, 3.8) is 0 Å². The van der Waals surface area contributed by atoms with Crippen LogP contribution >= 0.6 is 0 Å². The van der Waals surface area contributed by atoms with Gasteiger partial charge < -0.3 is 5.73 Å². The largest absolute Gasteiger partial charge is 0.319 e. The van der Waals surface area contributed by atoms with Crippen LogP contribution in [0.5, 0.6) is 0 Å². The summed E-state index contributed by atoms with van der Waals surface area (Å²) in [6.07, 6.45) is 0.368. The Morgan fingerprint density at radius 3 is 2.65 bits per heavy atom. The molecule has 1 fully saturated rings. The number of hydrogen-bond acceptors (Lipinski definition) is 3. The van der Waals surface area contributed by atoms with Crippen LogP contribution in [-0.2, 0) is 16.0 Å². The molecule has 0 radical (unpaired) electrons. The van der Waals surface area contributed by atoms with Crippen molar-refractivity contribution in [1.29, 1.82) is 0 Å². The SMILES string of the molecule is NC1CC(=O)N(CCc2ccccc2F)C1=O. The molecule has 1 saturated heterocycles. The van der Waals surface area contributed by atoms with E-state index in [4.69, 9.17) is 5.73 Å². The lowest BCUT2D eigenvalue weighted by Crippen LogP contribution is -2.36. The Bertz CT molecular complexity index is 462. The molecule has 1 aliphatic heterocycles. The lowest BCUT2D eigenvalue weighted by Gasteiger charge is -2.14. The first-order valence-electron chi connectivity index (χ1n) is 5.43. The predicted molar refractivity (Wildman–Crippen MR) is 59.4 cm³/mol. The third-order valence-electron chi connectivity index (χ3n) is 2.84. The van der Waals surface area contributed by atoms with Crippen molar-refractivity contribution < 1.29 is 14.0 Å². The minimum absolute atomic E-state index is 0.0517. The van der Waals surface area contributed by atoms with E-state index in [1.165, 1.54) is 6.07 Å². The highest BCUT2D eigenvalue weighted by atomic mass is 19.1. The van der Waals surface area contributed by atoms with E-state index in [1.807, 2.05) is 0 Å². The van der Waals surface area contributed by atoms with Gasteiger partial charge in [0.2, 0.25) is 11.8 Å². The van der Waals surface area contributed by atoms with Gasteiger partial charge in [-0.3, -0.25) is 14.5 Å². The van der Waals surface area contributed by atoms with E-state index in [1.54, 1.807) is 18.2 Å². The Labute approximate surface area is 98.2 Å². The Balaban J connectivity index is 2.02. The van der Waals surface area contributed by atoms with Crippen molar-refractivity contribution in [3.05, 3.63) is 35.6 Å². The van der Waals surface area contributed by atoms with E-state index >= 15 is 0 Å². The van der Waals surface area contributed by atoms with Crippen molar-refractivity contribution in [2.24, 2.45) is 5.73 Å². The Morgan fingerprint density at radius 2 is 2.06 bits per heavy atom. The Morgan fingerprint density at radius 1 is 1.35 bits per heavy atom. The molecule has 2 N–H and O–H groups in total. The summed E-state index contributed by atoms with van der Waals surface area (Å²) in [5, 5.41) is 0. The molecule has 1 aromatic carbocycles. The van der Waals surface area contributed by atoms with Crippen LogP contribution in [0.4, 0.5) is 4.39 Å². The van der Waals surface area contributed by atoms with Crippen LogP contribution in [0.2, 0.25) is 0 Å². The number of nitrogens with two attached hydrogens (primary N) is 1. The van der Waals surface area contributed by atoms with Gasteiger partial charge in [0.25, 0.3) is 0 Å². The average Bonchev–Trinajstić information content (AvgIpc) is 2.53. The molecule has 2 rings (SSSR count). The van der Waals surface area contributed by atoms with Gasteiger partial charge in [-0.25, -0.2) is 4.39 Å². The second-order valence-corrected chi connectivity index (χ2v) is 4.04. The van der Waals surface area contributed by atoms with Crippen molar-refractivity contribution in [2.45, 2.75) is 18.9 Å². The van der Waals surface area contributed by atoms with Gasteiger partial charge >= 0.3 is 0 Å². The van der Waals surface area contributed by atoms with Gasteiger partial charge in [-0.1, -0.05) is 18.2 Å². The number of benzene rings is 1. The molecule has 0 saturated carbocycles. The molecule has 1 aromatic rings. The third-order valence-corrected chi connectivity index (χ3v) is 2.84. The summed E-state index contributed by atoms with van der Waals surface area (Å²) in [6.45, 7) is 0.187. The minimum Gasteiger partial charge on any atom is -0.319 e. The number of amides is 2. The van der Waals surface area contributed by atoms with Crippen LogP contribution in [0.15, 0.2) is 24.3 Å². The molecule has 0 spiro atoms. The number of carbonyl (C=O) groups excluding carboxylic acids is 2. The third kappa shape index (κ3) is 2.34. The Kier molecular flexibility index (Phi) is 3.19. The molecule has 0 aromatic heterocycles. The van der Waals surface area contributed by atoms with Gasteiger partial charge in [-0.05, 0) is 18.1 Å². The van der Waals surface area contributed by atoms with Crippen LogP contribution in [0.1, 0.15) is 12.0 Å². The zero-order valence-electron chi connectivity index (χ0n) is 9.23. The molecule has 0 bridgehead atoms. The normalized spacial score (nSPS) is 20.1. The molecule has 1 heterocycles. The maximum absolute atomic E-state index is 13.3. The molecule has 4 nitrogen and oxygen atoms in total. The number of carbonyl (C=O) groups is 2. The highest BCUT2D eigenvalue weighted by molar-refractivity contribution is 6.05. The van der Waals surface area contributed by atoms with Crippen LogP contribution in [0, 0.1) is 5.82 Å². The highest BCUT2D eigenvalue weighted by Gasteiger charge is 2.35. The monoisotopic (exact) mass is 236 g/mol. The predicted octanol–water partition coefficient (Wildman–Crippen LogP) is 0.454. The topological polar surface area (TPSA) is 63.4 Å². The molecular formula is C12H13FN2O2. The number of rotatable bonds is 3. The quantitative estimate of drug-likeness (QED) is 0.775. The summed E-state index contributed by atoms with van der Waals surface area (Å²) in [6, 6.07) is 5.58. The highest BCUT2D eigenvalue weighted by Crippen LogP contribution is 2.13. The summed E-state index contributed by atoms with van der Waals surface area (Å²) in [4.78, 5) is 24.0. The average molecular weight is 236 g/mol. The van der Waals surface area contributed by atoms with E-state index in [9.17, 15) is 14.0 Å². The summed E-state index contributed by atoms with van der Waals surface area (Å²) in [7, 11) is 0. The number of hydrogen-bond donors (Lipinski definition) is 1. The molecule has 2 amide bonds. The van der Waals surface area contributed by atoms with Crippen molar-refractivity contribution >= 4 is 11.8 Å². The first-order chi connectivity index (χ1) is 8.09. The first-order valence-corrected chi connectivity index (χ1v) is 5.43. The second-order valence-electron chi connectivity index (χ2n) is 4.04. The lowest BCUT2D eigenvalue weighted by atomic mass is 10.1. The van der Waals surface area contributed by atoms with Crippen molar-refractivity contribution in [1.82, 2.24) is 4.90 Å². The summed E-state index contributed by atoms with van der Waals surface area (Å²) < 4.78 is 13.3. The Hall–Kier alpha value is -1.75. The van der Waals surface area contributed by atoms with Gasteiger partial charge in [0.1, 0.15) is 5.82 Å². The van der Waals surface area contributed by atoms with Crippen molar-refractivity contribution in [2.75, 3.05) is 6.54 Å². The maximum atomic E-state index is 13.3. The van der Waals surface area contributed by atoms with E-state index < -0.39 is 6.04 Å². The number of likely N-dealkylation sites (tertiary alicyclic amines) is 1. The van der Waals surface area contributed by atoms with Gasteiger partial charge in [0, 0.05) is 6.54 Å². The molecule has 0 aliphatic carbocycles. The zero-order valence-corrected chi connectivity index (χ0v) is 9.23. The molecule has 1 atom stereocenters.